The maximum atomic E-state index is 9.12. The SMILES string of the molecule is N#CCCN(c1ccc(Cl)cc1C#N)C1CC1. The molecule has 0 unspecified atom stereocenters. The van der Waals surface area contributed by atoms with Crippen molar-refractivity contribution in [2.24, 2.45) is 0 Å². The van der Waals surface area contributed by atoms with Crippen LogP contribution in [0.25, 0.3) is 0 Å². The number of rotatable bonds is 4. The van der Waals surface area contributed by atoms with Gasteiger partial charge in [0.05, 0.1) is 23.7 Å². The molecule has 0 heterocycles. The zero-order valence-electron chi connectivity index (χ0n) is 9.36. The van der Waals surface area contributed by atoms with E-state index in [9.17, 15) is 0 Å². The molecule has 0 aliphatic heterocycles. The summed E-state index contributed by atoms with van der Waals surface area (Å²) in [6.07, 6.45) is 2.75. The molecule has 0 radical (unpaired) electrons. The number of hydrogen-bond acceptors (Lipinski definition) is 3. The van der Waals surface area contributed by atoms with E-state index in [1.807, 2.05) is 6.07 Å². The van der Waals surface area contributed by atoms with E-state index in [-0.39, 0.29) is 0 Å². The summed E-state index contributed by atoms with van der Waals surface area (Å²) < 4.78 is 0. The second-order valence-corrected chi connectivity index (χ2v) is 4.54. The van der Waals surface area contributed by atoms with E-state index in [0.717, 1.165) is 18.5 Å². The molecule has 4 heteroatoms. The highest BCUT2D eigenvalue weighted by Crippen LogP contribution is 2.34. The second-order valence-electron chi connectivity index (χ2n) is 4.11. The van der Waals surface area contributed by atoms with Crippen molar-refractivity contribution in [1.82, 2.24) is 0 Å². The van der Waals surface area contributed by atoms with Crippen molar-refractivity contribution in [3.8, 4) is 12.1 Å². The molecular formula is C13H12ClN3. The molecule has 3 nitrogen and oxygen atoms in total. The van der Waals surface area contributed by atoms with Gasteiger partial charge in [0.25, 0.3) is 0 Å². The van der Waals surface area contributed by atoms with Crippen LogP contribution >= 0.6 is 11.6 Å². The van der Waals surface area contributed by atoms with Gasteiger partial charge in [-0.2, -0.15) is 10.5 Å². The summed E-state index contributed by atoms with van der Waals surface area (Å²) in [6.45, 7) is 0.678. The molecule has 0 amide bonds. The Morgan fingerprint density at radius 2 is 2.12 bits per heavy atom. The summed E-state index contributed by atoms with van der Waals surface area (Å²) in [5.74, 6) is 0. The molecule has 1 fully saturated rings. The summed E-state index contributed by atoms with van der Waals surface area (Å²) in [6, 6.07) is 10.1. The van der Waals surface area contributed by atoms with Crippen molar-refractivity contribution >= 4 is 17.3 Å². The number of nitrogens with zero attached hydrogens (tertiary/aromatic N) is 3. The summed E-state index contributed by atoms with van der Waals surface area (Å²) in [5.41, 5.74) is 1.48. The van der Waals surface area contributed by atoms with Gasteiger partial charge >= 0.3 is 0 Å². The Labute approximate surface area is 106 Å². The van der Waals surface area contributed by atoms with Gasteiger partial charge in [-0.05, 0) is 31.0 Å². The third-order valence-corrected chi connectivity index (χ3v) is 3.08. The van der Waals surface area contributed by atoms with Gasteiger partial charge < -0.3 is 4.90 Å². The largest absolute Gasteiger partial charge is 0.366 e. The summed E-state index contributed by atoms with van der Waals surface area (Å²) in [7, 11) is 0. The zero-order chi connectivity index (χ0) is 12.3. The van der Waals surface area contributed by atoms with Gasteiger partial charge in [0.15, 0.2) is 0 Å². The Hall–Kier alpha value is -1.71. The fraction of sp³-hybridized carbons (Fsp3) is 0.385. The number of nitriles is 2. The quantitative estimate of drug-likeness (QED) is 0.819. The molecule has 0 bridgehead atoms. The molecule has 1 saturated carbocycles. The van der Waals surface area contributed by atoms with Gasteiger partial charge in [0, 0.05) is 17.6 Å². The van der Waals surface area contributed by atoms with E-state index in [4.69, 9.17) is 22.1 Å². The van der Waals surface area contributed by atoms with Crippen LogP contribution in [0.5, 0.6) is 0 Å². The highest BCUT2D eigenvalue weighted by atomic mass is 35.5. The first-order valence-corrected chi connectivity index (χ1v) is 5.97. The predicted octanol–water partition coefficient (Wildman–Crippen LogP) is 3.09. The molecule has 2 rings (SSSR count). The highest BCUT2D eigenvalue weighted by molar-refractivity contribution is 6.30. The average molecular weight is 246 g/mol. The second kappa shape index (κ2) is 5.08. The van der Waals surface area contributed by atoms with Crippen LogP contribution in [-0.4, -0.2) is 12.6 Å². The molecule has 86 valence electrons. The number of anilines is 1. The average Bonchev–Trinajstić information content (AvgIpc) is 3.15. The monoisotopic (exact) mass is 245 g/mol. The van der Waals surface area contributed by atoms with Crippen LogP contribution in [0.3, 0.4) is 0 Å². The lowest BCUT2D eigenvalue weighted by Crippen LogP contribution is -2.27. The summed E-state index contributed by atoms with van der Waals surface area (Å²) in [4.78, 5) is 2.15. The lowest BCUT2D eigenvalue weighted by Gasteiger charge is -2.24. The number of benzene rings is 1. The molecule has 0 aromatic heterocycles. The molecule has 1 aliphatic rings. The number of hydrogen-bond donors (Lipinski definition) is 0. The maximum absolute atomic E-state index is 9.12. The first kappa shape index (κ1) is 11.8. The van der Waals surface area contributed by atoms with Crippen LogP contribution in [0.4, 0.5) is 5.69 Å². The van der Waals surface area contributed by atoms with Crippen LogP contribution in [0.15, 0.2) is 18.2 Å². The van der Waals surface area contributed by atoms with Crippen molar-refractivity contribution in [1.29, 1.82) is 10.5 Å². The minimum absolute atomic E-state index is 0.476. The molecule has 0 spiro atoms. The van der Waals surface area contributed by atoms with Crippen LogP contribution in [0, 0.1) is 22.7 Å². The predicted molar refractivity (Wildman–Crippen MR) is 66.8 cm³/mol. The topological polar surface area (TPSA) is 50.8 Å². The molecule has 0 N–H and O–H groups in total. The third-order valence-electron chi connectivity index (χ3n) is 2.84. The van der Waals surface area contributed by atoms with E-state index in [1.54, 1.807) is 12.1 Å². The summed E-state index contributed by atoms with van der Waals surface area (Å²) >= 11 is 5.88. The molecule has 0 atom stereocenters. The standard InChI is InChI=1S/C13H12ClN3/c14-11-2-5-13(10(8-11)9-16)17(7-1-6-15)12-3-4-12/h2,5,8,12H,1,3-4,7H2. The van der Waals surface area contributed by atoms with Crippen molar-refractivity contribution < 1.29 is 0 Å². The summed E-state index contributed by atoms with van der Waals surface area (Å²) in [5, 5.41) is 18.4. The number of halogens is 1. The van der Waals surface area contributed by atoms with E-state index in [2.05, 4.69) is 17.0 Å². The van der Waals surface area contributed by atoms with Gasteiger partial charge in [-0.1, -0.05) is 11.6 Å². The van der Waals surface area contributed by atoms with Crippen LogP contribution in [-0.2, 0) is 0 Å². The lowest BCUT2D eigenvalue weighted by molar-refractivity contribution is 0.792. The van der Waals surface area contributed by atoms with Crippen molar-refractivity contribution in [3.63, 3.8) is 0 Å². The van der Waals surface area contributed by atoms with Crippen LogP contribution < -0.4 is 4.90 Å². The van der Waals surface area contributed by atoms with Crippen LogP contribution in [0.2, 0.25) is 5.02 Å². The molecule has 0 saturated heterocycles. The first-order chi connectivity index (χ1) is 8.26. The van der Waals surface area contributed by atoms with Crippen molar-refractivity contribution in [2.75, 3.05) is 11.4 Å². The fourth-order valence-electron chi connectivity index (χ4n) is 1.90. The van der Waals surface area contributed by atoms with Gasteiger partial charge in [-0.25, -0.2) is 0 Å². The minimum atomic E-state index is 0.476. The van der Waals surface area contributed by atoms with Crippen molar-refractivity contribution in [2.45, 2.75) is 25.3 Å². The molecule has 1 aromatic rings. The molecule has 1 aliphatic carbocycles. The Morgan fingerprint density at radius 3 is 2.71 bits per heavy atom. The van der Waals surface area contributed by atoms with E-state index < -0.39 is 0 Å². The minimum Gasteiger partial charge on any atom is -0.366 e. The normalized spacial score (nSPS) is 13.8. The Kier molecular flexibility index (Phi) is 3.52. The van der Waals surface area contributed by atoms with E-state index in [0.29, 0.717) is 29.6 Å². The molecule has 17 heavy (non-hydrogen) atoms. The Morgan fingerprint density at radius 1 is 1.35 bits per heavy atom. The Bertz CT molecular complexity index is 494. The van der Waals surface area contributed by atoms with Gasteiger partial charge in [-0.15, -0.1) is 0 Å². The van der Waals surface area contributed by atoms with E-state index in [1.165, 1.54) is 0 Å². The first-order valence-electron chi connectivity index (χ1n) is 5.59. The maximum Gasteiger partial charge on any atom is 0.101 e. The van der Waals surface area contributed by atoms with Gasteiger partial charge in [-0.3, -0.25) is 0 Å². The van der Waals surface area contributed by atoms with Crippen molar-refractivity contribution in [3.05, 3.63) is 28.8 Å². The zero-order valence-corrected chi connectivity index (χ0v) is 10.1. The molecular weight excluding hydrogens is 234 g/mol. The fourth-order valence-corrected chi connectivity index (χ4v) is 2.08. The Balaban J connectivity index is 2.29. The highest BCUT2D eigenvalue weighted by Gasteiger charge is 2.30. The van der Waals surface area contributed by atoms with Gasteiger partial charge in [0.1, 0.15) is 6.07 Å². The molecule has 1 aromatic carbocycles. The van der Waals surface area contributed by atoms with Gasteiger partial charge in [0.2, 0.25) is 0 Å². The van der Waals surface area contributed by atoms with Crippen LogP contribution in [0.1, 0.15) is 24.8 Å². The van der Waals surface area contributed by atoms with E-state index >= 15 is 0 Å². The smallest absolute Gasteiger partial charge is 0.101 e. The third kappa shape index (κ3) is 2.70. The lowest BCUT2D eigenvalue weighted by atomic mass is 10.1.